The van der Waals surface area contributed by atoms with Gasteiger partial charge in [-0.05, 0) is 79.8 Å². The third-order valence-corrected chi connectivity index (χ3v) is 6.38. The summed E-state index contributed by atoms with van der Waals surface area (Å²) in [6, 6.07) is 16.3. The molecule has 33 heavy (non-hydrogen) atoms. The Morgan fingerprint density at radius 2 is 1.55 bits per heavy atom. The van der Waals surface area contributed by atoms with Crippen molar-refractivity contribution in [2.45, 2.75) is 39.8 Å². The zero-order valence-electron chi connectivity index (χ0n) is 18.9. The Morgan fingerprint density at radius 1 is 0.909 bits per heavy atom. The van der Waals surface area contributed by atoms with Gasteiger partial charge in [-0.3, -0.25) is 9.59 Å². The minimum Gasteiger partial charge on any atom is -0.480 e. The standard InChI is InChI=1S/C26H26Cl2N2O3/c1-14-10-20(11-15(2)24(14)28)16(3)29-21-7-5-6-18(12-21)19-8-9-22(23(27)13-19)25(31)30-17(4)26(32)33/h5-13,16-17,29H,1-4H3,(H,30,31)(H,32,33)/t16?,17-/m0/s1. The number of aliphatic carboxylic acids is 1. The molecule has 0 radical (unpaired) electrons. The molecular weight excluding hydrogens is 459 g/mol. The number of anilines is 1. The van der Waals surface area contributed by atoms with Crippen LogP contribution in [-0.2, 0) is 4.79 Å². The van der Waals surface area contributed by atoms with Gasteiger partial charge in [-0.2, -0.15) is 0 Å². The Morgan fingerprint density at radius 3 is 2.15 bits per heavy atom. The number of carboxylic acid groups (broad SMARTS) is 1. The SMILES string of the molecule is Cc1cc(C(C)Nc2cccc(-c3ccc(C(=O)N[C@@H](C)C(=O)O)c(Cl)c3)c2)cc(C)c1Cl. The highest BCUT2D eigenvalue weighted by molar-refractivity contribution is 6.34. The molecule has 3 N–H and O–H groups in total. The lowest BCUT2D eigenvalue weighted by atomic mass is 10.0. The molecule has 2 atom stereocenters. The Hall–Kier alpha value is -3.02. The maximum Gasteiger partial charge on any atom is 0.325 e. The zero-order valence-corrected chi connectivity index (χ0v) is 20.4. The van der Waals surface area contributed by atoms with Crippen LogP contribution < -0.4 is 10.6 Å². The molecule has 0 aromatic heterocycles. The summed E-state index contributed by atoms with van der Waals surface area (Å²) in [6.07, 6.45) is 0. The molecule has 0 aliphatic heterocycles. The van der Waals surface area contributed by atoms with Crippen molar-refractivity contribution in [3.05, 3.63) is 86.9 Å². The molecule has 3 aromatic rings. The number of benzene rings is 3. The number of halogens is 2. The molecule has 0 aliphatic rings. The van der Waals surface area contributed by atoms with E-state index in [4.69, 9.17) is 28.3 Å². The first-order valence-corrected chi connectivity index (χ1v) is 11.3. The van der Waals surface area contributed by atoms with Crippen LogP contribution in [0.5, 0.6) is 0 Å². The van der Waals surface area contributed by atoms with Crippen LogP contribution in [0.25, 0.3) is 11.1 Å². The van der Waals surface area contributed by atoms with E-state index in [0.717, 1.165) is 38.5 Å². The number of amides is 1. The molecule has 0 saturated heterocycles. The minimum absolute atomic E-state index is 0.0702. The summed E-state index contributed by atoms with van der Waals surface area (Å²) in [5.74, 6) is -1.64. The molecule has 172 valence electrons. The molecular formula is C26H26Cl2N2O3. The average Bonchev–Trinajstić information content (AvgIpc) is 2.76. The van der Waals surface area contributed by atoms with Crippen LogP contribution in [0, 0.1) is 13.8 Å². The van der Waals surface area contributed by atoms with Crippen molar-refractivity contribution in [2.75, 3.05) is 5.32 Å². The lowest BCUT2D eigenvalue weighted by Crippen LogP contribution is -2.38. The smallest absolute Gasteiger partial charge is 0.325 e. The van der Waals surface area contributed by atoms with Gasteiger partial charge >= 0.3 is 5.97 Å². The van der Waals surface area contributed by atoms with E-state index in [-0.39, 0.29) is 16.6 Å². The van der Waals surface area contributed by atoms with Gasteiger partial charge in [-0.15, -0.1) is 0 Å². The van der Waals surface area contributed by atoms with Crippen molar-refractivity contribution in [2.24, 2.45) is 0 Å². The van der Waals surface area contributed by atoms with Gasteiger partial charge in [-0.25, -0.2) is 0 Å². The van der Waals surface area contributed by atoms with Crippen molar-refractivity contribution in [1.82, 2.24) is 5.32 Å². The first-order chi connectivity index (χ1) is 15.6. The topological polar surface area (TPSA) is 78.4 Å². The third-order valence-electron chi connectivity index (χ3n) is 5.47. The first-order valence-electron chi connectivity index (χ1n) is 10.5. The molecule has 0 bridgehead atoms. The first kappa shape index (κ1) is 24.6. The van der Waals surface area contributed by atoms with Crippen LogP contribution >= 0.6 is 23.2 Å². The number of aryl methyl sites for hydroxylation is 2. The Labute approximate surface area is 203 Å². The number of hydrogen-bond acceptors (Lipinski definition) is 3. The van der Waals surface area contributed by atoms with E-state index in [9.17, 15) is 9.59 Å². The van der Waals surface area contributed by atoms with Crippen LogP contribution in [0.4, 0.5) is 5.69 Å². The summed E-state index contributed by atoms with van der Waals surface area (Å²) in [5, 5.41) is 16.0. The monoisotopic (exact) mass is 484 g/mol. The average molecular weight is 485 g/mol. The third kappa shape index (κ3) is 5.86. The van der Waals surface area contributed by atoms with Crippen LogP contribution in [0.1, 0.15) is 46.9 Å². The fourth-order valence-electron chi connectivity index (χ4n) is 3.57. The molecule has 0 heterocycles. The fraction of sp³-hybridized carbons (Fsp3) is 0.231. The Kier molecular flexibility index (Phi) is 7.67. The van der Waals surface area contributed by atoms with E-state index in [1.54, 1.807) is 18.2 Å². The quantitative estimate of drug-likeness (QED) is 0.350. The van der Waals surface area contributed by atoms with Gasteiger partial charge in [0.1, 0.15) is 6.04 Å². The highest BCUT2D eigenvalue weighted by Crippen LogP contribution is 2.30. The van der Waals surface area contributed by atoms with Crippen LogP contribution in [0.15, 0.2) is 54.6 Å². The highest BCUT2D eigenvalue weighted by atomic mass is 35.5. The number of hydrogen-bond donors (Lipinski definition) is 3. The van der Waals surface area contributed by atoms with Crippen molar-refractivity contribution >= 4 is 40.8 Å². The second-order valence-electron chi connectivity index (χ2n) is 8.14. The van der Waals surface area contributed by atoms with Gasteiger partial charge in [0.05, 0.1) is 10.6 Å². The lowest BCUT2D eigenvalue weighted by molar-refractivity contribution is -0.138. The van der Waals surface area contributed by atoms with E-state index in [2.05, 4.69) is 29.7 Å². The van der Waals surface area contributed by atoms with Gasteiger partial charge in [-0.1, -0.05) is 53.5 Å². The summed E-state index contributed by atoms with van der Waals surface area (Å²) in [7, 11) is 0. The van der Waals surface area contributed by atoms with Crippen molar-refractivity contribution < 1.29 is 14.7 Å². The number of carbonyl (C=O) groups excluding carboxylic acids is 1. The largest absolute Gasteiger partial charge is 0.480 e. The maximum absolute atomic E-state index is 12.3. The van der Waals surface area contributed by atoms with Gasteiger partial charge in [0.25, 0.3) is 5.91 Å². The molecule has 3 rings (SSSR count). The number of nitrogens with one attached hydrogen (secondary N) is 2. The molecule has 0 fully saturated rings. The molecule has 0 aliphatic carbocycles. The number of carbonyl (C=O) groups is 2. The second-order valence-corrected chi connectivity index (χ2v) is 8.93. The second kappa shape index (κ2) is 10.3. The van der Waals surface area contributed by atoms with Crippen LogP contribution in [0.3, 0.4) is 0 Å². The van der Waals surface area contributed by atoms with Crippen molar-refractivity contribution in [3.8, 4) is 11.1 Å². The number of rotatable bonds is 7. The summed E-state index contributed by atoms with van der Waals surface area (Å²) in [4.78, 5) is 23.3. The van der Waals surface area contributed by atoms with E-state index in [1.165, 1.54) is 6.92 Å². The van der Waals surface area contributed by atoms with Crippen LogP contribution in [-0.4, -0.2) is 23.0 Å². The summed E-state index contributed by atoms with van der Waals surface area (Å²) >= 11 is 12.7. The summed E-state index contributed by atoms with van der Waals surface area (Å²) < 4.78 is 0. The number of carboxylic acids is 1. The molecule has 1 amide bonds. The van der Waals surface area contributed by atoms with Gasteiger partial charge in [0, 0.05) is 16.8 Å². The summed E-state index contributed by atoms with van der Waals surface area (Å²) in [6.45, 7) is 7.50. The van der Waals surface area contributed by atoms with E-state index in [1.807, 2.05) is 38.1 Å². The Bertz CT molecular complexity index is 1190. The molecule has 1 unspecified atom stereocenters. The predicted molar refractivity (Wildman–Crippen MR) is 134 cm³/mol. The molecule has 0 saturated carbocycles. The van der Waals surface area contributed by atoms with Gasteiger partial charge < -0.3 is 15.7 Å². The van der Waals surface area contributed by atoms with Crippen LogP contribution in [0.2, 0.25) is 10.0 Å². The zero-order chi connectivity index (χ0) is 24.3. The van der Waals surface area contributed by atoms with E-state index < -0.39 is 17.9 Å². The molecule has 3 aromatic carbocycles. The normalized spacial score (nSPS) is 12.7. The molecule has 0 spiro atoms. The lowest BCUT2D eigenvalue weighted by Gasteiger charge is -2.18. The van der Waals surface area contributed by atoms with Crippen molar-refractivity contribution in [3.63, 3.8) is 0 Å². The highest BCUT2D eigenvalue weighted by Gasteiger charge is 2.18. The predicted octanol–water partition coefficient (Wildman–Crippen LogP) is 6.65. The molecule has 5 nitrogen and oxygen atoms in total. The van der Waals surface area contributed by atoms with Gasteiger partial charge in [0.15, 0.2) is 0 Å². The van der Waals surface area contributed by atoms with Crippen molar-refractivity contribution in [1.29, 1.82) is 0 Å². The molecule has 7 heteroatoms. The van der Waals surface area contributed by atoms with Gasteiger partial charge in [0.2, 0.25) is 0 Å². The maximum atomic E-state index is 12.3. The Balaban J connectivity index is 1.80. The van der Waals surface area contributed by atoms with E-state index >= 15 is 0 Å². The van der Waals surface area contributed by atoms with E-state index in [0.29, 0.717) is 0 Å². The summed E-state index contributed by atoms with van der Waals surface area (Å²) in [5.41, 5.74) is 6.19. The fourth-order valence-corrected chi connectivity index (χ4v) is 3.94. The minimum atomic E-state index is -1.11.